The third-order valence-corrected chi connectivity index (χ3v) is 2.84. The number of halogens is 1. The lowest BCUT2D eigenvalue weighted by Crippen LogP contribution is -2.19. The Bertz CT molecular complexity index is 595. The van der Waals surface area contributed by atoms with E-state index < -0.39 is 17.7 Å². The lowest BCUT2D eigenvalue weighted by Gasteiger charge is -2.15. The first-order valence-electron chi connectivity index (χ1n) is 5.97. The molecule has 0 aliphatic carbocycles. The predicted octanol–water partition coefficient (Wildman–Crippen LogP) is 2.78. The van der Waals surface area contributed by atoms with Crippen molar-refractivity contribution in [1.29, 1.82) is 0 Å². The summed E-state index contributed by atoms with van der Waals surface area (Å²) in [7, 11) is 0. The molecule has 2 rings (SSSR count). The number of phenolic OH excluding ortho intramolecular Hbond substituents is 1. The van der Waals surface area contributed by atoms with Crippen LogP contribution in [0.5, 0.6) is 11.5 Å². The highest BCUT2D eigenvalue weighted by Crippen LogP contribution is 2.26. The van der Waals surface area contributed by atoms with Gasteiger partial charge in [-0.3, -0.25) is 4.79 Å². The van der Waals surface area contributed by atoms with Crippen molar-refractivity contribution in [1.82, 2.24) is 0 Å². The third-order valence-electron chi connectivity index (χ3n) is 2.84. The highest BCUT2D eigenvalue weighted by atomic mass is 19.1. The topological polar surface area (TPSA) is 66.8 Å². The standard InChI is InChI=1S/C15H13FO4/c16-10-5-7-11(8-6-10)20-9-13(15(18)19)12-3-1-2-4-14(12)17/h1-8,13,17H,9H2,(H,18,19). The molecule has 0 aliphatic heterocycles. The Morgan fingerprint density at radius 2 is 1.80 bits per heavy atom. The number of carboxylic acids is 1. The molecule has 0 radical (unpaired) electrons. The summed E-state index contributed by atoms with van der Waals surface area (Å²) in [4.78, 5) is 11.3. The summed E-state index contributed by atoms with van der Waals surface area (Å²) in [5.41, 5.74) is 0.280. The number of benzene rings is 2. The van der Waals surface area contributed by atoms with Gasteiger partial charge in [0.1, 0.15) is 29.8 Å². The Morgan fingerprint density at radius 1 is 1.15 bits per heavy atom. The first kappa shape index (κ1) is 13.9. The van der Waals surface area contributed by atoms with Crippen LogP contribution in [-0.2, 0) is 4.79 Å². The van der Waals surface area contributed by atoms with Gasteiger partial charge in [-0.2, -0.15) is 0 Å². The Balaban J connectivity index is 2.13. The van der Waals surface area contributed by atoms with Crippen molar-refractivity contribution < 1.29 is 24.1 Å². The molecule has 0 amide bonds. The molecule has 0 heterocycles. The van der Waals surface area contributed by atoms with E-state index in [2.05, 4.69) is 0 Å². The summed E-state index contributed by atoms with van der Waals surface area (Å²) in [5.74, 6) is -2.22. The van der Waals surface area contributed by atoms with Crippen LogP contribution in [0.25, 0.3) is 0 Å². The average molecular weight is 276 g/mol. The summed E-state index contributed by atoms with van der Waals surface area (Å²) in [6, 6.07) is 11.5. The minimum absolute atomic E-state index is 0.0948. The van der Waals surface area contributed by atoms with Crippen LogP contribution in [0, 0.1) is 5.82 Å². The van der Waals surface area contributed by atoms with Crippen LogP contribution in [-0.4, -0.2) is 22.8 Å². The van der Waals surface area contributed by atoms with Gasteiger partial charge in [0.05, 0.1) is 0 Å². The van der Waals surface area contributed by atoms with Gasteiger partial charge in [0.25, 0.3) is 0 Å². The van der Waals surface area contributed by atoms with Crippen LogP contribution < -0.4 is 4.74 Å². The number of carboxylic acid groups (broad SMARTS) is 1. The van der Waals surface area contributed by atoms with Crippen molar-refractivity contribution in [3.05, 3.63) is 59.9 Å². The second-order valence-electron chi connectivity index (χ2n) is 4.21. The molecule has 4 nitrogen and oxygen atoms in total. The number of para-hydroxylation sites is 1. The normalized spacial score (nSPS) is 11.8. The number of aliphatic carboxylic acids is 1. The van der Waals surface area contributed by atoms with E-state index in [9.17, 15) is 19.4 Å². The predicted molar refractivity (Wildman–Crippen MR) is 70.4 cm³/mol. The first-order chi connectivity index (χ1) is 9.58. The summed E-state index contributed by atoms with van der Waals surface area (Å²) in [6.07, 6.45) is 0. The summed E-state index contributed by atoms with van der Waals surface area (Å²) in [5, 5.41) is 18.9. The van der Waals surface area contributed by atoms with E-state index in [1.165, 1.54) is 36.4 Å². The largest absolute Gasteiger partial charge is 0.508 e. The molecular formula is C15H13FO4. The SMILES string of the molecule is O=C(O)C(COc1ccc(F)cc1)c1ccccc1O. The van der Waals surface area contributed by atoms with E-state index in [-0.39, 0.29) is 17.9 Å². The van der Waals surface area contributed by atoms with E-state index in [0.717, 1.165) is 0 Å². The second-order valence-corrected chi connectivity index (χ2v) is 4.21. The summed E-state index contributed by atoms with van der Waals surface area (Å²) >= 11 is 0. The number of rotatable bonds is 5. The molecule has 0 aromatic heterocycles. The van der Waals surface area contributed by atoms with Crippen LogP contribution in [0.1, 0.15) is 11.5 Å². The fourth-order valence-electron chi connectivity index (χ4n) is 1.79. The van der Waals surface area contributed by atoms with Crippen LogP contribution >= 0.6 is 0 Å². The Kier molecular flexibility index (Phi) is 4.20. The molecule has 2 N–H and O–H groups in total. The highest BCUT2D eigenvalue weighted by molar-refractivity contribution is 5.77. The zero-order valence-electron chi connectivity index (χ0n) is 10.5. The Hall–Kier alpha value is -2.56. The third kappa shape index (κ3) is 3.26. The second kappa shape index (κ2) is 6.06. The molecule has 2 aromatic rings. The molecule has 0 saturated carbocycles. The highest BCUT2D eigenvalue weighted by Gasteiger charge is 2.23. The van der Waals surface area contributed by atoms with Crippen molar-refractivity contribution in [2.24, 2.45) is 0 Å². The molecule has 20 heavy (non-hydrogen) atoms. The van der Waals surface area contributed by atoms with Crippen molar-refractivity contribution in [2.75, 3.05) is 6.61 Å². The molecule has 0 spiro atoms. The fraction of sp³-hybridized carbons (Fsp3) is 0.133. The quantitative estimate of drug-likeness (QED) is 0.881. The van der Waals surface area contributed by atoms with Gasteiger partial charge in [0.2, 0.25) is 0 Å². The van der Waals surface area contributed by atoms with Crippen LogP contribution in [0.2, 0.25) is 0 Å². The van der Waals surface area contributed by atoms with Crippen molar-refractivity contribution in [3.63, 3.8) is 0 Å². The smallest absolute Gasteiger partial charge is 0.314 e. The molecule has 5 heteroatoms. The summed E-state index contributed by atoms with van der Waals surface area (Å²) < 4.78 is 18.1. The van der Waals surface area contributed by atoms with Gasteiger partial charge in [-0.25, -0.2) is 4.39 Å². The Labute approximate surface area is 115 Å². The zero-order chi connectivity index (χ0) is 14.5. The van der Waals surface area contributed by atoms with Crippen molar-refractivity contribution in [2.45, 2.75) is 5.92 Å². The molecule has 0 fully saturated rings. The van der Waals surface area contributed by atoms with Gasteiger partial charge in [-0.15, -0.1) is 0 Å². The first-order valence-corrected chi connectivity index (χ1v) is 5.97. The van der Waals surface area contributed by atoms with Crippen LogP contribution in [0.3, 0.4) is 0 Å². The number of hydrogen-bond donors (Lipinski definition) is 2. The maximum Gasteiger partial charge on any atom is 0.314 e. The maximum absolute atomic E-state index is 12.7. The minimum Gasteiger partial charge on any atom is -0.508 e. The maximum atomic E-state index is 12.7. The lowest BCUT2D eigenvalue weighted by atomic mass is 9.99. The number of phenols is 1. The average Bonchev–Trinajstić information content (AvgIpc) is 2.42. The van der Waals surface area contributed by atoms with Gasteiger partial charge >= 0.3 is 5.97 Å². The molecule has 2 aromatic carbocycles. The number of carbonyl (C=O) groups is 1. The molecule has 104 valence electrons. The molecule has 1 unspecified atom stereocenters. The molecule has 0 saturated heterocycles. The van der Waals surface area contributed by atoms with Crippen molar-refractivity contribution in [3.8, 4) is 11.5 Å². The van der Waals surface area contributed by atoms with Gasteiger partial charge in [0, 0.05) is 5.56 Å². The number of aromatic hydroxyl groups is 1. The van der Waals surface area contributed by atoms with Crippen LogP contribution in [0.4, 0.5) is 4.39 Å². The molecule has 0 bridgehead atoms. The molecule has 0 aliphatic rings. The van der Waals surface area contributed by atoms with E-state index in [0.29, 0.717) is 5.75 Å². The van der Waals surface area contributed by atoms with E-state index >= 15 is 0 Å². The van der Waals surface area contributed by atoms with Gasteiger partial charge in [-0.05, 0) is 30.3 Å². The lowest BCUT2D eigenvalue weighted by molar-refractivity contribution is -0.139. The molecular weight excluding hydrogens is 263 g/mol. The van der Waals surface area contributed by atoms with E-state index in [1.807, 2.05) is 0 Å². The Morgan fingerprint density at radius 3 is 2.40 bits per heavy atom. The van der Waals surface area contributed by atoms with Gasteiger partial charge in [-0.1, -0.05) is 18.2 Å². The van der Waals surface area contributed by atoms with E-state index in [1.54, 1.807) is 12.1 Å². The van der Waals surface area contributed by atoms with Crippen LogP contribution in [0.15, 0.2) is 48.5 Å². The zero-order valence-corrected chi connectivity index (χ0v) is 10.5. The van der Waals surface area contributed by atoms with E-state index in [4.69, 9.17) is 4.74 Å². The van der Waals surface area contributed by atoms with Gasteiger partial charge in [0.15, 0.2) is 0 Å². The summed E-state index contributed by atoms with van der Waals surface area (Å²) in [6.45, 7) is -0.154. The minimum atomic E-state index is -1.10. The molecule has 1 atom stereocenters. The fourth-order valence-corrected chi connectivity index (χ4v) is 1.79. The van der Waals surface area contributed by atoms with Crippen molar-refractivity contribution >= 4 is 5.97 Å². The number of ether oxygens (including phenoxy) is 1. The van der Waals surface area contributed by atoms with Gasteiger partial charge < -0.3 is 14.9 Å². The monoisotopic (exact) mass is 276 g/mol. The number of hydrogen-bond acceptors (Lipinski definition) is 3.